The standard InChI is InChI=1S/C26H23ClFNO4/c1-14-2-3-15(6-18(14)28)24-29-10-23(33-24)26-11-25(12-26,13-26)9-20(31)22-8-19(30)17-7-16(27)4-5-21(17)32-22/h2-7,10,19,22,30H,8-9,11-13H2,1H3/t19-,22-,25?,26?/m1/s1. The van der Waals surface area contributed by atoms with Crippen LogP contribution < -0.4 is 4.74 Å². The highest BCUT2D eigenvalue weighted by atomic mass is 35.5. The molecular formula is C26H23ClFNO4. The number of benzene rings is 2. The Bertz CT molecular complexity index is 1270. The number of halogens is 2. The Morgan fingerprint density at radius 3 is 2.79 bits per heavy atom. The molecule has 3 saturated carbocycles. The van der Waals surface area contributed by atoms with Gasteiger partial charge < -0.3 is 14.3 Å². The lowest BCUT2D eigenvalue weighted by Gasteiger charge is -2.69. The first kappa shape index (κ1) is 20.9. The number of ether oxygens (including phenoxy) is 1. The lowest BCUT2D eigenvalue weighted by Crippen LogP contribution is -2.65. The van der Waals surface area contributed by atoms with Gasteiger partial charge >= 0.3 is 0 Å². The molecule has 1 aliphatic heterocycles. The smallest absolute Gasteiger partial charge is 0.226 e. The summed E-state index contributed by atoms with van der Waals surface area (Å²) in [6, 6.07) is 10.1. The summed E-state index contributed by atoms with van der Waals surface area (Å²) in [7, 11) is 0. The number of Topliss-reactive ketones (excluding diaryl/α,β-unsaturated/α-hetero) is 1. The van der Waals surface area contributed by atoms with Crippen LogP contribution in [0, 0.1) is 18.2 Å². The molecule has 0 unspecified atom stereocenters. The van der Waals surface area contributed by atoms with Gasteiger partial charge in [0.2, 0.25) is 5.89 Å². The Hall–Kier alpha value is -2.70. The van der Waals surface area contributed by atoms with Gasteiger partial charge in [0, 0.05) is 34.4 Å². The maximum Gasteiger partial charge on any atom is 0.226 e. The number of nitrogens with zero attached hydrogens (tertiary/aromatic N) is 1. The molecule has 170 valence electrons. The topological polar surface area (TPSA) is 72.6 Å². The number of aliphatic hydroxyl groups excluding tert-OH is 1. The quantitative estimate of drug-likeness (QED) is 0.520. The van der Waals surface area contributed by atoms with Crippen LogP contribution in [-0.2, 0) is 10.2 Å². The van der Waals surface area contributed by atoms with E-state index in [2.05, 4.69) is 4.98 Å². The maximum atomic E-state index is 13.9. The Morgan fingerprint density at radius 2 is 2.03 bits per heavy atom. The predicted octanol–water partition coefficient (Wildman–Crippen LogP) is 5.71. The predicted molar refractivity (Wildman–Crippen MR) is 120 cm³/mol. The first-order valence-electron chi connectivity index (χ1n) is 11.2. The van der Waals surface area contributed by atoms with E-state index in [9.17, 15) is 14.3 Å². The molecule has 0 radical (unpaired) electrons. The van der Waals surface area contributed by atoms with Gasteiger partial charge in [0.25, 0.3) is 0 Å². The minimum Gasteiger partial charge on any atom is -0.482 e. The van der Waals surface area contributed by atoms with E-state index in [0.717, 1.165) is 25.0 Å². The van der Waals surface area contributed by atoms with Gasteiger partial charge in [-0.15, -0.1) is 0 Å². The number of carbonyl (C=O) groups excluding carboxylic acids is 1. The maximum absolute atomic E-state index is 13.9. The molecular weight excluding hydrogens is 445 g/mol. The number of ketones is 1. The second-order valence-electron chi connectivity index (χ2n) is 9.99. The molecule has 7 rings (SSSR count). The summed E-state index contributed by atoms with van der Waals surface area (Å²) in [4.78, 5) is 17.4. The summed E-state index contributed by atoms with van der Waals surface area (Å²) in [5, 5.41) is 11.0. The third-order valence-electron chi connectivity index (χ3n) is 7.53. The van der Waals surface area contributed by atoms with Crippen molar-refractivity contribution in [3.8, 4) is 17.2 Å². The molecule has 0 spiro atoms. The number of aliphatic hydroxyl groups is 1. The molecule has 5 nitrogen and oxygen atoms in total. The van der Waals surface area contributed by atoms with Crippen molar-refractivity contribution in [2.24, 2.45) is 5.41 Å². The number of rotatable bonds is 5. The van der Waals surface area contributed by atoms with E-state index in [0.29, 0.717) is 39.8 Å². The minimum atomic E-state index is -0.764. The van der Waals surface area contributed by atoms with E-state index in [1.54, 1.807) is 43.5 Å². The SMILES string of the molecule is Cc1ccc(-c2ncc(C34CC(CC(=O)[C@H]5C[C@@H](O)c6cc(Cl)ccc6O5)(C3)C4)o2)cc1F. The van der Waals surface area contributed by atoms with Crippen molar-refractivity contribution in [2.75, 3.05) is 0 Å². The number of oxazole rings is 1. The Morgan fingerprint density at radius 1 is 1.24 bits per heavy atom. The third-order valence-corrected chi connectivity index (χ3v) is 7.77. The molecule has 2 heterocycles. The van der Waals surface area contributed by atoms with E-state index >= 15 is 0 Å². The van der Waals surface area contributed by atoms with Crippen LogP contribution in [0.15, 0.2) is 47.0 Å². The highest BCUT2D eigenvalue weighted by molar-refractivity contribution is 6.30. The van der Waals surface area contributed by atoms with E-state index in [1.807, 2.05) is 0 Å². The molecule has 1 N–H and O–H groups in total. The van der Waals surface area contributed by atoms with Crippen LogP contribution in [0.2, 0.25) is 5.02 Å². The summed E-state index contributed by atoms with van der Waals surface area (Å²) in [5.74, 6) is 1.49. The van der Waals surface area contributed by atoms with Crippen molar-refractivity contribution in [3.63, 3.8) is 0 Å². The molecule has 0 amide bonds. The van der Waals surface area contributed by atoms with Crippen molar-refractivity contribution in [2.45, 2.75) is 56.7 Å². The van der Waals surface area contributed by atoms with Crippen molar-refractivity contribution in [3.05, 3.63) is 70.3 Å². The Labute approximate surface area is 195 Å². The average Bonchev–Trinajstić information content (AvgIpc) is 3.21. The highest BCUT2D eigenvalue weighted by Gasteiger charge is 2.70. The van der Waals surface area contributed by atoms with Crippen molar-refractivity contribution in [1.82, 2.24) is 4.98 Å². The van der Waals surface area contributed by atoms with Crippen LogP contribution in [0.1, 0.15) is 55.1 Å². The molecule has 1 aromatic heterocycles. The van der Waals surface area contributed by atoms with E-state index in [1.165, 1.54) is 6.07 Å². The fourth-order valence-corrected chi connectivity index (χ4v) is 6.10. The molecule has 3 aliphatic carbocycles. The molecule has 2 atom stereocenters. The second kappa shape index (κ2) is 7.15. The van der Waals surface area contributed by atoms with Gasteiger partial charge in [0.05, 0.1) is 12.3 Å². The average molecular weight is 468 g/mol. The first-order valence-corrected chi connectivity index (χ1v) is 11.5. The normalized spacial score (nSPS) is 29.5. The van der Waals surface area contributed by atoms with Crippen LogP contribution in [0.4, 0.5) is 4.39 Å². The van der Waals surface area contributed by atoms with Gasteiger partial charge in [-0.25, -0.2) is 9.37 Å². The number of fused-ring (bicyclic) bond motifs is 1. The molecule has 4 aliphatic rings. The monoisotopic (exact) mass is 467 g/mol. The van der Waals surface area contributed by atoms with Crippen molar-refractivity contribution < 1.29 is 23.4 Å². The second-order valence-corrected chi connectivity index (χ2v) is 10.4. The van der Waals surface area contributed by atoms with Crippen LogP contribution in [-0.4, -0.2) is 22.0 Å². The van der Waals surface area contributed by atoms with Gasteiger partial charge in [-0.05, 0) is 67.5 Å². The van der Waals surface area contributed by atoms with E-state index < -0.39 is 12.2 Å². The van der Waals surface area contributed by atoms with Crippen LogP contribution >= 0.6 is 11.6 Å². The molecule has 3 aromatic rings. The lowest BCUT2D eigenvalue weighted by molar-refractivity contribution is -0.169. The molecule has 33 heavy (non-hydrogen) atoms. The van der Waals surface area contributed by atoms with Crippen LogP contribution in [0.3, 0.4) is 0 Å². The van der Waals surface area contributed by atoms with Crippen molar-refractivity contribution >= 4 is 17.4 Å². The number of aromatic nitrogens is 1. The fourth-order valence-electron chi connectivity index (χ4n) is 5.92. The van der Waals surface area contributed by atoms with E-state index in [-0.39, 0.29) is 28.9 Å². The molecule has 2 bridgehead atoms. The number of hydrogen-bond donors (Lipinski definition) is 1. The number of aryl methyl sites for hydroxylation is 1. The Balaban J connectivity index is 1.11. The number of hydrogen-bond acceptors (Lipinski definition) is 5. The summed E-state index contributed by atoms with van der Waals surface area (Å²) in [6.07, 6.45) is 3.59. The Kier molecular flexibility index (Phi) is 4.52. The van der Waals surface area contributed by atoms with Gasteiger partial charge in [0.15, 0.2) is 11.9 Å². The van der Waals surface area contributed by atoms with Gasteiger partial charge in [-0.1, -0.05) is 17.7 Å². The van der Waals surface area contributed by atoms with E-state index in [4.69, 9.17) is 20.8 Å². The van der Waals surface area contributed by atoms with Crippen LogP contribution in [0.25, 0.3) is 11.5 Å². The summed E-state index contributed by atoms with van der Waals surface area (Å²) < 4.78 is 25.8. The summed E-state index contributed by atoms with van der Waals surface area (Å²) in [5.41, 5.74) is 1.72. The molecule has 2 aromatic carbocycles. The minimum absolute atomic E-state index is 0.0244. The highest BCUT2D eigenvalue weighted by Crippen LogP contribution is 2.75. The summed E-state index contributed by atoms with van der Waals surface area (Å²) in [6.45, 7) is 1.72. The first-order chi connectivity index (χ1) is 15.8. The van der Waals surface area contributed by atoms with Crippen LogP contribution in [0.5, 0.6) is 5.75 Å². The fraction of sp³-hybridized carbons (Fsp3) is 0.385. The molecule has 0 saturated heterocycles. The van der Waals surface area contributed by atoms with Gasteiger partial charge in [-0.2, -0.15) is 0 Å². The largest absolute Gasteiger partial charge is 0.482 e. The summed E-state index contributed by atoms with van der Waals surface area (Å²) >= 11 is 6.01. The molecule has 3 fully saturated rings. The number of carbonyl (C=O) groups is 1. The third kappa shape index (κ3) is 3.30. The van der Waals surface area contributed by atoms with Gasteiger partial charge in [0.1, 0.15) is 17.3 Å². The zero-order chi connectivity index (χ0) is 23.0. The van der Waals surface area contributed by atoms with Gasteiger partial charge in [-0.3, -0.25) is 4.79 Å². The lowest BCUT2D eigenvalue weighted by atomic mass is 9.33. The zero-order valence-electron chi connectivity index (χ0n) is 18.1. The van der Waals surface area contributed by atoms with Crippen molar-refractivity contribution in [1.29, 1.82) is 0 Å². The molecule has 7 heteroatoms. The zero-order valence-corrected chi connectivity index (χ0v) is 18.9.